The van der Waals surface area contributed by atoms with Gasteiger partial charge in [-0.05, 0) is 61.7 Å². The van der Waals surface area contributed by atoms with Crippen molar-refractivity contribution in [2.45, 2.75) is 0 Å². The summed E-state index contributed by atoms with van der Waals surface area (Å²) in [4.78, 5) is 19.2. The summed E-state index contributed by atoms with van der Waals surface area (Å²) in [6.07, 6.45) is 8.05. The molecule has 35 heavy (non-hydrogen) atoms. The molecule has 3 aromatic heterocycles. The Kier molecular flexibility index (Phi) is 7.05. The SMILES string of the molecule is ISC#Cc1ccc(-c2c3nc(cc4ccc(cc5nc(cc6ccc2[n-]6)C=C5)[n-]4)C=C3)cc1.[Zn+2]. The van der Waals surface area contributed by atoms with Crippen LogP contribution in [0.2, 0.25) is 0 Å². The third-order valence-corrected chi connectivity index (χ3v) is 6.34. The van der Waals surface area contributed by atoms with Crippen LogP contribution in [-0.2, 0) is 19.5 Å². The quantitative estimate of drug-likeness (QED) is 0.112. The van der Waals surface area contributed by atoms with Gasteiger partial charge in [-0.2, -0.15) is 0 Å². The summed E-state index contributed by atoms with van der Waals surface area (Å²) in [5, 5.41) is 3.03. The van der Waals surface area contributed by atoms with Crippen LogP contribution >= 0.6 is 30.1 Å². The van der Waals surface area contributed by atoms with Gasteiger partial charge in [0.1, 0.15) is 0 Å². The summed E-state index contributed by atoms with van der Waals surface area (Å²) in [5.74, 6) is 3.15. The van der Waals surface area contributed by atoms with E-state index < -0.39 is 0 Å². The van der Waals surface area contributed by atoms with E-state index in [1.54, 1.807) is 0 Å². The Morgan fingerprint density at radius 3 is 1.97 bits per heavy atom. The molecule has 0 unspecified atom stereocenters. The van der Waals surface area contributed by atoms with E-state index in [0.717, 1.165) is 61.5 Å². The van der Waals surface area contributed by atoms with Crippen molar-refractivity contribution in [3.05, 3.63) is 95.1 Å². The first kappa shape index (κ1) is 23.8. The van der Waals surface area contributed by atoms with Crippen molar-refractivity contribution in [1.82, 2.24) is 19.9 Å². The maximum Gasteiger partial charge on any atom is 2.00 e. The molecule has 2 aliphatic heterocycles. The molecule has 1 aromatic carbocycles. The molecule has 0 aliphatic carbocycles. The Morgan fingerprint density at radius 1 is 0.686 bits per heavy atom. The van der Waals surface area contributed by atoms with Crippen LogP contribution in [0.15, 0.2) is 66.7 Å². The standard InChI is InChI=1S/C28H15IN4S.Zn/c29-34-14-13-18-1-3-19(4-2-18)28-26-11-9-24(32-26)16-22-7-5-20(30-22)15-21-6-8-23(31-21)17-25-10-12-27(28)33-25;/h1-12,15-17H;/q-2;+2. The Hall–Kier alpha value is -2.92. The minimum atomic E-state index is 0. The fourth-order valence-electron chi connectivity index (χ4n) is 3.99. The van der Waals surface area contributed by atoms with E-state index >= 15 is 0 Å². The van der Waals surface area contributed by atoms with Crippen LogP contribution in [0.25, 0.3) is 57.5 Å². The van der Waals surface area contributed by atoms with E-state index in [4.69, 9.17) is 19.9 Å². The summed E-state index contributed by atoms with van der Waals surface area (Å²) < 4.78 is 0. The van der Waals surface area contributed by atoms with E-state index in [0.29, 0.717) is 0 Å². The van der Waals surface area contributed by atoms with Gasteiger partial charge in [-0.3, -0.25) is 0 Å². The molecule has 5 heterocycles. The molecule has 0 N–H and O–H groups in total. The Labute approximate surface area is 231 Å². The molecule has 0 atom stereocenters. The fraction of sp³-hybridized carbons (Fsp3) is 0. The summed E-state index contributed by atoms with van der Waals surface area (Å²) in [6, 6.07) is 22.2. The van der Waals surface area contributed by atoms with Gasteiger partial charge in [0.15, 0.2) is 0 Å². The molecule has 162 valence electrons. The summed E-state index contributed by atoms with van der Waals surface area (Å²) in [5.41, 5.74) is 9.95. The number of hydrogen-bond acceptors (Lipinski definition) is 3. The van der Waals surface area contributed by atoms with E-state index in [1.165, 1.54) is 8.93 Å². The van der Waals surface area contributed by atoms with E-state index in [2.05, 4.69) is 44.5 Å². The van der Waals surface area contributed by atoms with E-state index in [9.17, 15) is 0 Å². The minimum Gasteiger partial charge on any atom is -0.658 e. The van der Waals surface area contributed by atoms with E-state index in [-0.39, 0.29) is 19.5 Å². The van der Waals surface area contributed by atoms with Gasteiger partial charge < -0.3 is 9.97 Å². The number of benzene rings is 1. The third-order valence-electron chi connectivity index (χ3n) is 5.50. The number of fused-ring (bicyclic) bond motifs is 8. The molecule has 7 heteroatoms. The van der Waals surface area contributed by atoms with Crippen LogP contribution in [0.5, 0.6) is 0 Å². The first-order valence-electron chi connectivity index (χ1n) is 10.6. The van der Waals surface area contributed by atoms with Gasteiger partial charge in [0.2, 0.25) is 0 Å². The molecule has 0 amide bonds. The van der Waals surface area contributed by atoms with Crippen molar-refractivity contribution in [2.24, 2.45) is 0 Å². The van der Waals surface area contributed by atoms with Gasteiger partial charge in [-0.15, -0.1) is 22.1 Å². The number of halogens is 1. The monoisotopic (exact) mass is 630 g/mol. The van der Waals surface area contributed by atoms with Crippen LogP contribution in [0.3, 0.4) is 0 Å². The second-order valence-corrected chi connectivity index (χ2v) is 9.47. The van der Waals surface area contributed by atoms with Crippen molar-refractivity contribution >= 4 is 76.5 Å². The second kappa shape index (κ2) is 10.4. The van der Waals surface area contributed by atoms with Gasteiger partial charge in [0.05, 0.1) is 22.8 Å². The molecular formula is C28H15IN4SZn. The normalized spacial score (nSPS) is 11.6. The largest absolute Gasteiger partial charge is 2.00 e. The van der Waals surface area contributed by atoms with Gasteiger partial charge >= 0.3 is 19.5 Å². The number of nitrogens with zero attached hydrogens (tertiary/aromatic N) is 4. The fourth-order valence-corrected chi connectivity index (χ4v) is 4.47. The Balaban J connectivity index is 0.00000253. The van der Waals surface area contributed by atoms with Crippen LogP contribution in [0.1, 0.15) is 28.3 Å². The number of rotatable bonds is 1. The first-order chi connectivity index (χ1) is 16.7. The van der Waals surface area contributed by atoms with Crippen molar-refractivity contribution in [3.8, 4) is 22.3 Å². The number of hydrogen-bond donors (Lipinski definition) is 0. The van der Waals surface area contributed by atoms with Gasteiger partial charge in [0.25, 0.3) is 0 Å². The van der Waals surface area contributed by atoms with Crippen LogP contribution in [-0.4, -0.2) is 9.97 Å². The van der Waals surface area contributed by atoms with Crippen molar-refractivity contribution in [3.63, 3.8) is 0 Å². The van der Waals surface area contributed by atoms with Crippen molar-refractivity contribution in [1.29, 1.82) is 0 Å². The van der Waals surface area contributed by atoms with Gasteiger partial charge in [-0.1, -0.05) is 60.5 Å². The zero-order chi connectivity index (χ0) is 22.9. The van der Waals surface area contributed by atoms with Crippen LogP contribution < -0.4 is 9.97 Å². The number of aromatic nitrogens is 4. The smallest absolute Gasteiger partial charge is 0.658 e. The second-order valence-electron chi connectivity index (χ2n) is 7.79. The zero-order valence-electron chi connectivity index (χ0n) is 18.4. The summed E-state index contributed by atoms with van der Waals surface area (Å²) in [7, 11) is 1.48. The molecule has 6 rings (SSSR count). The molecular weight excluding hydrogens is 617 g/mol. The third kappa shape index (κ3) is 5.20. The molecule has 8 bridgehead atoms. The Bertz CT molecular complexity index is 1700. The molecule has 0 saturated carbocycles. The molecule has 0 spiro atoms. The zero-order valence-corrected chi connectivity index (χ0v) is 24.4. The first-order valence-corrected chi connectivity index (χ1v) is 14.0. The molecule has 4 aromatic rings. The molecule has 4 nitrogen and oxygen atoms in total. The summed E-state index contributed by atoms with van der Waals surface area (Å²) >= 11 is 2.18. The molecule has 0 saturated heterocycles. The minimum absolute atomic E-state index is 0. The van der Waals surface area contributed by atoms with Gasteiger partial charge in [0, 0.05) is 26.8 Å². The van der Waals surface area contributed by atoms with Crippen LogP contribution in [0, 0.1) is 11.2 Å². The van der Waals surface area contributed by atoms with Gasteiger partial charge in [-0.25, -0.2) is 9.97 Å². The van der Waals surface area contributed by atoms with E-state index in [1.807, 2.05) is 78.9 Å². The topological polar surface area (TPSA) is 54.0 Å². The van der Waals surface area contributed by atoms with Crippen molar-refractivity contribution in [2.75, 3.05) is 0 Å². The average Bonchev–Trinajstić information content (AvgIpc) is 3.64. The average molecular weight is 632 g/mol. The summed E-state index contributed by atoms with van der Waals surface area (Å²) in [6.45, 7) is 0. The predicted octanol–water partition coefficient (Wildman–Crippen LogP) is 6.97. The predicted molar refractivity (Wildman–Crippen MR) is 151 cm³/mol. The van der Waals surface area contributed by atoms with Crippen LogP contribution in [0.4, 0.5) is 0 Å². The van der Waals surface area contributed by atoms with Crippen molar-refractivity contribution < 1.29 is 19.5 Å². The molecule has 2 aliphatic rings. The Morgan fingerprint density at radius 2 is 1.29 bits per heavy atom. The molecule has 0 radical (unpaired) electrons. The maximum atomic E-state index is 4.91. The molecule has 0 fully saturated rings. The maximum absolute atomic E-state index is 4.91.